The molecular weight excluding hydrogens is 458 g/mol. The number of hydrogen-bond acceptors (Lipinski definition) is 3. The molecule has 1 rings (SSSR count). The highest BCUT2D eigenvalue weighted by Crippen LogP contribution is 2.17. The van der Waals surface area contributed by atoms with Crippen molar-refractivity contribution in [2.24, 2.45) is 10.9 Å². The van der Waals surface area contributed by atoms with Gasteiger partial charge in [0.25, 0.3) is 0 Å². The largest absolute Gasteiger partial charge is 0.378 e. The Morgan fingerprint density at radius 3 is 2.30 bits per heavy atom. The molecule has 1 aromatic carbocycles. The molecule has 0 amide bonds. The second-order valence-corrected chi connectivity index (χ2v) is 6.94. The SMILES string of the molecule is CCOC(CCNC(=NC)NCC(c1ccc(F)cc1)N(C)C)C(C)C.I. The highest BCUT2D eigenvalue weighted by molar-refractivity contribution is 14.0. The van der Waals surface area contributed by atoms with E-state index < -0.39 is 0 Å². The molecule has 5 nitrogen and oxygen atoms in total. The number of likely N-dealkylation sites (N-methyl/N-ethyl adjacent to an activating group) is 1. The summed E-state index contributed by atoms with van der Waals surface area (Å²) in [6, 6.07) is 6.78. The van der Waals surface area contributed by atoms with Crippen LogP contribution in [0.4, 0.5) is 4.39 Å². The second-order valence-electron chi connectivity index (χ2n) is 6.94. The summed E-state index contributed by atoms with van der Waals surface area (Å²) < 4.78 is 18.9. The smallest absolute Gasteiger partial charge is 0.191 e. The molecule has 0 spiro atoms. The van der Waals surface area contributed by atoms with Gasteiger partial charge in [0.15, 0.2) is 5.96 Å². The molecule has 0 aliphatic carbocycles. The van der Waals surface area contributed by atoms with Crippen molar-refractivity contribution in [1.82, 2.24) is 15.5 Å². The Hall–Kier alpha value is -0.930. The maximum Gasteiger partial charge on any atom is 0.191 e. The molecule has 2 unspecified atom stereocenters. The maximum atomic E-state index is 13.2. The van der Waals surface area contributed by atoms with Crippen LogP contribution in [0.15, 0.2) is 29.3 Å². The fourth-order valence-corrected chi connectivity index (χ4v) is 2.85. The number of halogens is 2. The van der Waals surface area contributed by atoms with Gasteiger partial charge in [-0.25, -0.2) is 4.39 Å². The minimum absolute atomic E-state index is 0. The van der Waals surface area contributed by atoms with Crippen LogP contribution < -0.4 is 10.6 Å². The van der Waals surface area contributed by atoms with E-state index in [1.165, 1.54) is 12.1 Å². The Balaban J connectivity index is 0.00000676. The molecule has 0 radical (unpaired) electrons. The van der Waals surface area contributed by atoms with Crippen LogP contribution in [0.5, 0.6) is 0 Å². The van der Waals surface area contributed by atoms with Crippen LogP contribution >= 0.6 is 24.0 Å². The molecule has 2 atom stereocenters. The average molecular weight is 494 g/mol. The quantitative estimate of drug-likeness (QED) is 0.296. The molecule has 7 heteroatoms. The molecule has 0 fully saturated rings. The Morgan fingerprint density at radius 2 is 1.81 bits per heavy atom. The fraction of sp³-hybridized carbons (Fsp3) is 0.650. The van der Waals surface area contributed by atoms with Crippen LogP contribution in [0.2, 0.25) is 0 Å². The van der Waals surface area contributed by atoms with Gasteiger partial charge in [-0.05, 0) is 51.1 Å². The van der Waals surface area contributed by atoms with Crippen molar-refractivity contribution in [2.45, 2.75) is 39.3 Å². The van der Waals surface area contributed by atoms with E-state index >= 15 is 0 Å². The minimum Gasteiger partial charge on any atom is -0.378 e. The number of nitrogens with one attached hydrogen (secondary N) is 2. The fourth-order valence-electron chi connectivity index (χ4n) is 2.85. The zero-order valence-corrected chi connectivity index (χ0v) is 19.8. The standard InChI is InChI=1S/C20H35FN4O.HI/c1-7-26-19(15(2)3)12-13-23-20(22-4)24-14-18(25(5)6)16-8-10-17(21)11-9-16;/h8-11,15,18-19H,7,12-14H2,1-6H3,(H2,22,23,24);1H. The van der Waals surface area contributed by atoms with E-state index in [4.69, 9.17) is 4.74 Å². The molecule has 0 saturated heterocycles. The molecule has 0 heterocycles. The molecule has 0 aliphatic heterocycles. The van der Waals surface area contributed by atoms with Gasteiger partial charge in [0, 0.05) is 26.7 Å². The number of hydrogen-bond donors (Lipinski definition) is 2. The third kappa shape index (κ3) is 9.71. The van der Waals surface area contributed by atoms with Crippen LogP contribution in [0.1, 0.15) is 38.8 Å². The summed E-state index contributed by atoms with van der Waals surface area (Å²) in [5, 5.41) is 6.71. The van der Waals surface area contributed by atoms with Crippen LogP contribution in [0.25, 0.3) is 0 Å². The first-order chi connectivity index (χ1) is 12.4. The number of aliphatic imine (C=N–C) groups is 1. The van der Waals surface area contributed by atoms with Crippen molar-refractivity contribution in [2.75, 3.05) is 40.8 Å². The van der Waals surface area contributed by atoms with Gasteiger partial charge < -0.3 is 20.3 Å². The van der Waals surface area contributed by atoms with Crippen LogP contribution in [0, 0.1) is 11.7 Å². The number of benzene rings is 1. The van der Waals surface area contributed by atoms with Crippen LogP contribution in [0.3, 0.4) is 0 Å². The zero-order chi connectivity index (χ0) is 19.5. The number of rotatable bonds is 10. The topological polar surface area (TPSA) is 48.9 Å². The summed E-state index contributed by atoms with van der Waals surface area (Å²) in [7, 11) is 5.79. The molecule has 0 aliphatic rings. The van der Waals surface area contributed by atoms with Gasteiger partial charge in [-0.2, -0.15) is 0 Å². The molecule has 156 valence electrons. The van der Waals surface area contributed by atoms with Crippen molar-refractivity contribution in [3.8, 4) is 0 Å². The summed E-state index contributed by atoms with van der Waals surface area (Å²) in [6.45, 7) is 8.59. The van der Waals surface area contributed by atoms with Gasteiger partial charge >= 0.3 is 0 Å². The van der Waals surface area contributed by atoms with E-state index in [-0.39, 0.29) is 41.9 Å². The lowest BCUT2D eigenvalue weighted by atomic mass is 10.0. The molecule has 27 heavy (non-hydrogen) atoms. The predicted molar refractivity (Wildman–Crippen MR) is 122 cm³/mol. The van der Waals surface area contributed by atoms with Gasteiger partial charge in [0.1, 0.15) is 5.82 Å². The van der Waals surface area contributed by atoms with Crippen molar-refractivity contribution >= 4 is 29.9 Å². The summed E-state index contributed by atoms with van der Waals surface area (Å²) in [6.07, 6.45) is 1.18. The maximum absolute atomic E-state index is 13.2. The number of ether oxygens (including phenoxy) is 1. The Bertz CT molecular complexity index is 537. The highest BCUT2D eigenvalue weighted by atomic mass is 127. The lowest BCUT2D eigenvalue weighted by Gasteiger charge is -2.26. The van der Waals surface area contributed by atoms with Gasteiger partial charge in [-0.15, -0.1) is 24.0 Å². The first-order valence-corrected chi connectivity index (χ1v) is 9.37. The van der Waals surface area contributed by atoms with E-state index in [9.17, 15) is 4.39 Å². The first kappa shape index (κ1) is 26.1. The van der Waals surface area contributed by atoms with Gasteiger partial charge in [0.2, 0.25) is 0 Å². The monoisotopic (exact) mass is 494 g/mol. The summed E-state index contributed by atoms with van der Waals surface area (Å²) in [5.41, 5.74) is 1.07. The lowest BCUT2D eigenvalue weighted by molar-refractivity contribution is 0.0258. The van der Waals surface area contributed by atoms with Crippen LogP contribution in [-0.2, 0) is 4.74 Å². The summed E-state index contributed by atoms with van der Waals surface area (Å²) in [5.74, 6) is 1.03. The van der Waals surface area contributed by atoms with E-state index in [0.717, 1.165) is 31.1 Å². The molecule has 0 aromatic heterocycles. The highest BCUT2D eigenvalue weighted by Gasteiger charge is 2.16. The van der Waals surface area contributed by atoms with E-state index in [0.29, 0.717) is 12.5 Å². The molecular formula is C20H36FIN4O. The molecule has 2 N–H and O–H groups in total. The number of guanidine groups is 1. The Kier molecular flexibility index (Phi) is 13.6. The van der Waals surface area contributed by atoms with Gasteiger partial charge in [-0.1, -0.05) is 26.0 Å². The summed E-state index contributed by atoms with van der Waals surface area (Å²) in [4.78, 5) is 6.40. The normalized spacial score (nSPS) is 14.0. The predicted octanol–water partition coefficient (Wildman–Crippen LogP) is 3.66. The second kappa shape index (κ2) is 14.1. The summed E-state index contributed by atoms with van der Waals surface area (Å²) >= 11 is 0. The molecule has 0 bridgehead atoms. The number of nitrogens with zero attached hydrogens (tertiary/aromatic N) is 2. The van der Waals surface area contributed by atoms with Crippen molar-refractivity contribution in [3.63, 3.8) is 0 Å². The van der Waals surface area contributed by atoms with Crippen LogP contribution in [-0.4, -0.2) is 57.8 Å². The van der Waals surface area contributed by atoms with Crippen molar-refractivity contribution in [1.29, 1.82) is 0 Å². The van der Waals surface area contributed by atoms with Crippen molar-refractivity contribution in [3.05, 3.63) is 35.6 Å². The minimum atomic E-state index is -0.217. The van der Waals surface area contributed by atoms with Gasteiger partial charge in [-0.3, -0.25) is 4.99 Å². The molecule has 0 saturated carbocycles. The van der Waals surface area contributed by atoms with E-state index in [1.54, 1.807) is 7.05 Å². The Labute approximate surface area is 181 Å². The van der Waals surface area contributed by atoms with Crippen molar-refractivity contribution < 1.29 is 9.13 Å². The third-order valence-electron chi connectivity index (χ3n) is 4.41. The van der Waals surface area contributed by atoms with E-state index in [1.807, 2.05) is 33.2 Å². The average Bonchev–Trinajstić information content (AvgIpc) is 2.60. The third-order valence-corrected chi connectivity index (χ3v) is 4.41. The lowest BCUT2D eigenvalue weighted by Crippen LogP contribution is -2.42. The molecule has 1 aromatic rings. The van der Waals surface area contributed by atoms with E-state index in [2.05, 4.69) is 34.4 Å². The first-order valence-electron chi connectivity index (χ1n) is 9.37. The zero-order valence-electron chi connectivity index (χ0n) is 17.5. The Morgan fingerprint density at radius 1 is 1.19 bits per heavy atom. The van der Waals surface area contributed by atoms with Gasteiger partial charge in [0.05, 0.1) is 12.1 Å².